The highest BCUT2D eigenvalue weighted by Gasteiger charge is 2.26. The lowest BCUT2D eigenvalue weighted by Gasteiger charge is -2.25. The molecule has 0 unspecified atom stereocenters. The molecule has 43 heavy (non-hydrogen) atoms. The molecule has 1 atom stereocenters. The second-order valence-electron chi connectivity index (χ2n) is 11.2. The molecule has 0 radical (unpaired) electrons. The van der Waals surface area contributed by atoms with Crippen LogP contribution in [0.1, 0.15) is 62.9 Å². The summed E-state index contributed by atoms with van der Waals surface area (Å²) in [4.78, 5) is 40.1. The van der Waals surface area contributed by atoms with Gasteiger partial charge < -0.3 is 24.8 Å². The van der Waals surface area contributed by atoms with Crippen molar-refractivity contribution < 1.29 is 33.4 Å². The van der Waals surface area contributed by atoms with Gasteiger partial charge in [-0.3, -0.25) is 14.4 Å². The molecule has 0 aliphatic carbocycles. The Labute approximate surface area is 250 Å². The number of carboxylic acids is 1. The van der Waals surface area contributed by atoms with Crippen molar-refractivity contribution in [2.45, 2.75) is 58.4 Å². The number of methoxy groups -OCH3 is 1. The molecule has 1 aromatic heterocycles. The summed E-state index contributed by atoms with van der Waals surface area (Å²) < 4.78 is 26.8. The zero-order chi connectivity index (χ0) is 30.9. The topological polar surface area (TPSA) is 123 Å². The first-order valence-corrected chi connectivity index (χ1v) is 14.6. The second-order valence-corrected chi connectivity index (χ2v) is 11.2. The van der Waals surface area contributed by atoms with Gasteiger partial charge >= 0.3 is 11.9 Å². The maximum Gasteiger partial charge on any atom is 0.312 e. The molecule has 230 valence electrons. The fraction of sp³-hybridized carbons (Fsp3) is 0.438. The molecule has 2 aromatic carbocycles. The van der Waals surface area contributed by atoms with Crippen LogP contribution in [0.25, 0.3) is 16.9 Å². The van der Waals surface area contributed by atoms with E-state index < -0.39 is 29.7 Å². The van der Waals surface area contributed by atoms with E-state index in [0.717, 1.165) is 25.9 Å². The van der Waals surface area contributed by atoms with Gasteiger partial charge in [0.2, 0.25) is 0 Å². The number of carbonyl (C=O) groups excluding carboxylic acids is 2. The number of rotatable bonds is 13. The van der Waals surface area contributed by atoms with Gasteiger partial charge in [0, 0.05) is 12.6 Å². The lowest BCUT2D eigenvalue weighted by Crippen LogP contribution is -2.37. The summed E-state index contributed by atoms with van der Waals surface area (Å²) in [5.41, 5.74) is 1.21. The minimum Gasteiger partial charge on any atom is -0.496 e. The van der Waals surface area contributed by atoms with E-state index in [0.29, 0.717) is 35.7 Å². The van der Waals surface area contributed by atoms with Crippen LogP contribution in [0.3, 0.4) is 0 Å². The molecule has 1 fully saturated rings. The van der Waals surface area contributed by atoms with Crippen LogP contribution in [-0.2, 0) is 9.59 Å². The summed E-state index contributed by atoms with van der Waals surface area (Å²) >= 11 is 0. The van der Waals surface area contributed by atoms with Gasteiger partial charge in [-0.25, -0.2) is 9.07 Å². The van der Waals surface area contributed by atoms with E-state index in [1.54, 1.807) is 18.2 Å². The molecule has 0 bridgehead atoms. The molecule has 0 saturated carbocycles. The average Bonchev–Trinajstić information content (AvgIpc) is 3.41. The maximum absolute atomic E-state index is 13.8. The Morgan fingerprint density at radius 1 is 1.05 bits per heavy atom. The largest absolute Gasteiger partial charge is 0.496 e. The first-order valence-electron chi connectivity index (χ1n) is 14.6. The average molecular weight is 595 g/mol. The van der Waals surface area contributed by atoms with Crippen LogP contribution in [-0.4, -0.2) is 70.4 Å². The molecular weight excluding hydrogens is 555 g/mol. The number of nitrogens with zero attached hydrogens (tertiary/aromatic N) is 3. The van der Waals surface area contributed by atoms with E-state index >= 15 is 0 Å². The summed E-state index contributed by atoms with van der Waals surface area (Å²) in [6, 6.07) is 11.5. The van der Waals surface area contributed by atoms with Crippen molar-refractivity contribution in [2.75, 3.05) is 26.7 Å². The molecule has 3 aromatic rings. The first-order chi connectivity index (χ1) is 20.6. The van der Waals surface area contributed by atoms with E-state index in [9.17, 15) is 23.9 Å². The minimum atomic E-state index is -1.02. The Morgan fingerprint density at radius 2 is 1.74 bits per heavy atom. The summed E-state index contributed by atoms with van der Waals surface area (Å²) in [7, 11) is 1.48. The fourth-order valence-electron chi connectivity index (χ4n) is 5.31. The van der Waals surface area contributed by atoms with E-state index in [1.807, 2.05) is 13.8 Å². The van der Waals surface area contributed by atoms with Crippen LogP contribution in [0.2, 0.25) is 0 Å². The smallest absolute Gasteiger partial charge is 0.312 e. The number of carboxylic acid groups (broad SMARTS) is 1. The number of benzene rings is 2. The third-order valence-electron chi connectivity index (χ3n) is 7.29. The number of aliphatic carboxylic acids is 1. The number of nitrogens with one attached hydrogen (secondary N) is 1. The number of carbonyl (C=O) groups is 3. The summed E-state index contributed by atoms with van der Waals surface area (Å²) in [6.07, 6.45) is 3.88. The van der Waals surface area contributed by atoms with Crippen LogP contribution in [0.5, 0.6) is 11.5 Å². The quantitative estimate of drug-likeness (QED) is 0.207. The van der Waals surface area contributed by atoms with Gasteiger partial charge in [-0.1, -0.05) is 26.3 Å². The van der Waals surface area contributed by atoms with E-state index in [2.05, 4.69) is 15.3 Å². The molecule has 4 rings (SSSR count). The normalized spacial score (nSPS) is 14.3. The van der Waals surface area contributed by atoms with Crippen molar-refractivity contribution >= 4 is 17.8 Å². The third kappa shape index (κ3) is 8.63. The van der Waals surface area contributed by atoms with Gasteiger partial charge in [0.15, 0.2) is 5.69 Å². The number of halogens is 1. The molecule has 11 heteroatoms. The van der Waals surface area contributed by atoms with Crippen molar-refractivity contribution in [2.24, 2.45) is 5.92 Å². The standard InChI is InChI=1S/C32H39FN4O6/c1-21(2)18-23(19-29(38)39)34-32(41)25-20-26(37(35-25)24-12-10-22(33)11-13-24)31-27(42-3)8-7-9-28(31)43-30(40)14-17-36-15-5-4-6-16-36/h7-13,20-21,23H,4-6,14-19H2,1-3H3,(H,34,41)(H,38,39)/t23-/m0/s1. The molecule has 2 heterocycles. The lowest BCUT2D eigenvalue weighted by molar-refractivity contribution is -0.137. The van der Waals surface area contributed by atoms with Gasteiger partial charge in [0.05, 0.1) is 36.9 Å². The predicted molar refractivity (Wildman–Crippen MR) is 159 cm³/mol. The minimum absolute atomic E-state index is 0.00625. The Kier molecular flexibility index (Phi) is 10.9. The Balaban J connectivity index is 1.70. The van der Waals surface area contributed by atoms with Gasteiger partial charge in [-0.2, -0.15) is 5.10 Å². The van der Waals surface area contributed by atoms with Crippen LogP contribution in [0, 0.1) is 11.7 Å². The number of aromatic nitrogens is 2. The van der Waals surface area contributed by atoms with Crippen molar-refractivity contribution in [3.8, 4) is 28.4 Å². The summed E-state index contributed by atoms with van der Waals surface area (Å²) in [5, 5.41) is 16.7. The highest BCUT2D eigenvalue weighted by Crippen LogP contribution is 2.40. The molecule has 2 N–H and O–H groups in total. The summed E-state index contributed by atoms with van der Waals surface area (Å²) in [6.45, 7) is 6.41. The van der Waals surface area contributed by atoms with Crippen LogP contribution >= 0.6 is 0 Å². The van der Waals surface area contributed by atoms with Crippen molar-refractivity contribution in [3.63, 3.8) is 0 Å². The van der Waals surface area contributed by atoms with Gasteiger partial charge in [0.25, 0.3) is 5.91 Å². The number of esters is 1. The molecular formula is C32H39FN4O6. The number of ether oxygens (including phenoxy) is 2. The Bertz CT molecular complexity index is 1420. The molecule has 10 nitrogen and oxygen atoms in total. The van der Waals surface area contributed by atoms with Crippen LogP contribution in [0.15, 0.2) is 48.5 Å². The van der Waals surface area contributed by atoms with Gasteiger partial charge in [-0.15, -0.1) is 0 Å². The Hall–Kier alpha value is -4.25. The predicted octanol–water partition coefficient (Wildman–Crippen LogP) is 5.09. The lowest BCUT2D eigenvalue weighted by atomic mass is 10.0. The van der Waals surface area contributed by atoms with E-state index in [1.165, 1.54) is 48.5 Å². The van der Waals surface area contributed by atoms with Crippen LogP contribution in [0.4, 0.5) is 4.39 Å². The van der Waals surface area contributed by atoms with Gasteiger partial charge in [-0.05, 0) is 80.7 Å². The molecule has 1 aliphatic rings. The molecule has 0 spiro atoms. The van der Waals surface area contributed by atoms with Crippen LogP contribution < -0.4 is 14.8 Å². The maximum atomic E-state index is 13.8. The van der Waals surface area contributed by atoms with E-state index in [4.69, 9.17) is 9.47 Å². The number of hydrogen-bond donors (Lipinski definition) is 2. The summed E-state index contributed by atoms with van der Waals surface area (Å²) in [5.74, 6) is -1.69. The zero-order valence-electron chi connectivity index (χ0n) is 24.8. The molecule has 1 saturated heterocycles. The first kappa shape index (κ1) is 31.7. The monoisotopic (exact) mass is 594 g/mol. The second kappa shape index (κ2) is 14.8. The highest BCUT2D eigenvalue weighted by molar-refractivity contribution is 5.95. The SMILES string of the molecule is COc1cccc(OC(=O)CCN2CCCCC2)c1-c1cc(C(=O)N[C@H](CC(=O)O)CC(C)C)nn1-c1ccc(F)cc1. The number of amides is 1. The van der Waals surface area contributed by atoms with Crippen molar-refractivity contribution in [3.05, 3.63) is 60.0 Å². The number of likely N-dealkylation sites (tertiary alicyclic amines) is 1. The molecule has 1 aliphatic heterocycles. The highest BCUT2D eigenvalue weighted by atomic mass is 19.1. The Morgan fingerprint density at radius 3 is 2.40 bits per heavy atom. The molecule has 1 amide bonds. The number of piperidine rings is 1. The van der Waals surface area contributed by atoms with Gasteiger partial charge in [0.1, 0.15) is 17.3 Å². The fourth-order valence-corrected chi connectivity index (χ4v) is 5.31. The number of hydrogen-bond acceptors (Lipinski definition) is 7. The zero-order valence-corrected chi connectivity index (χ0v) is 24.8. The third-order valence-corrected chi connectivity index (χ3v) is 7.29. The van der Waals surface area contributed by atoms with Crippen molar-refractivity contribution in [1.82, 2.24) is 20.0 Å². The van der Waals surface area contributed by atoms with Crippen molar-refractivity contribution in [1.29, 1.82) is 0 Å². The van der Waals surface area contributed by atoms with E-state index in [-0.39, 0.29) is 30.2 Å².